The van der Waals surface area contributed by atoms with Crippen molar-refractivity contribution in [2.75, 3.05) is 20.3 Å². The average molecular weight is 286 g/mol. The van der Waals surface area contributed by atoms with Crippen LogP contribution >= 0.6 is 0 Å². The fourth-order valence-electron chi connectivity index (χ4n) is 2.36. The molecular formula is C18H22O3. The minimum Gasteiger partial charge on any atom is -0.491 e. The first-order valence-electron chi connectivity index (χ1n) is 7.09. The summed E-state index contributed by atoms with van der Waals surface area (Å²) in [4.78, 5) is 0. The Morgan fingerprint density at radius 1 is 0.952 bits per heavy atom. The van der Waals surface area contributed by atoms with Gasteiger partial charge in [0.25, 0.3) is 0 Å². The molecule has 0 bridgehead atoms. The fraction of sp³-hybridized carbons (Fsp3) is 0.333. The molecule has 1 N–H and O–H groups in total. The lowest BCUT2D eigenvalue weighted by Crippen LogP contribution is -2.05. The van der Waals surface area contributed by atoms with Gasteiger partial charge in [0.15, 0.2) is 0 Å². The van der Waals surface area contributed by atoms with Gasteiger partial charge < -0.3 is 14.6 Å². The Bertz CT molecular complexity index is 605. The minimum absolute atomic E-state index is 0.00774. The predicted octanol–water partition coefficient (Wildman–Crippen LogP) is 3.49. The minimum atomic E-state index is 0.00774. The van der Waals surface area contributed by atoms with Gasteiger partial charge in [0, 0.05) is 12.7 Å². The van der Waals surface area contributed by atoms with E-state index in [-0.39, 0.29) is 6.61 Å². The molecule has 0 aliphatic rings. The van der Waals surface area contributed by atoms with Crippen LogP contribution in [0.4, 0.5) is 0 Å². The molecule has 0 atom stereocenters. The normalized spacial score (nSPS) is 10.7. The van der Waals surface area contributed by atoms with Gasteiger partial charge in [-0.15, -0.1) is 0 Å². The summed E-state index contributed by atoms with van der Waals surface area (Å²) in [5, 5.41) is 9.31. The van der Waals surface area contributed by atoms with E-state index in [1.54, 1.807) is 7.11 Å². The molecule has 0 saturated carbocycles. The standard InChI is InChI=1S/C18H22O3/c1-13-4-6-16(14(2)10-13)17-7-5-15(12-19)11-18(17)21-9-8-20-3/h4-7,10-11,19H,8-9,12H2,1-3H3. The molecule has 0 amide bonds. The third-order valence-corrected chi connectivity index (χ3v) is 3.45. The van der Waals surface area contributed by atoms with Gasteiger partial charge in [-0.1, -0.05) is 35.9 Å². The molecule has 3 nitrogen and oxygen atoms in total. The summed E-state index contributed by atoms with van der Waals surface area (Å²) in [6.07, 6.45) is 0. The Morgan fingerprint density at radius 2 is 1.71 bits per heavy atom. The van der Waals surface area contributed by atoms with E-state index in [0.29, 0.717) is 13.2 Å². The zero-order valence-electron chi connectivity index (χ0n) is 12.8. The first-order chi connectivity index (χ1) is 10.2. The highest BCUT2D eigenvalue weighted by Crippen LogP contribution is 2.33. The summed E-state index contributed by atoms with van der Waals surface area (Å²) < 4.78 is 10.9. The zero-order valence-corrected chi connectivity index (χ0v) is 12.8. The molecular weight excluding hydrogens is 264 g/mol. The van der Waals surface area contributed by atoms with E-state index in [9.17, 15) is 5.11 Å². The van der Waals surface area contributed by atoms with E-state index >= 15 is 0 Å². The second-order valence-corrected chi connectivity index (χ2v) is 5.15. The van der Waals surface area contributed by atoms with Gasteiger partial charge in [0.1, 0.15) is 12.4 Å². The molecule has 0 fully saturated rings. The maximum absolute atomic E-state index is 9.31. The van der Waals surface area contributed by atoms with Crippen LogP contribution in [0.3, 0.4) is 0 Å². The second-order valence-electron chi connectivity index (χ2n) is 5.15. The Labute approximate surface area is 126 Å². The van der Waals surface area contributed by atoms with Crippen LogP contribution in [0.5, 0.6) is 5.75 Å². The lowest BCUT2D eigenvalue weighted by Gasteiger charge is -2.15. The number of aryl methyl sites for hydroxylation is 2. The monoisotopic (exact) mass is 286 g/mol. The zero-order chi connectivity index (χ0) is 15.2. The van der Waals surface area contributed by atoms with Crippen molar-refractivity contribution in [1.82, 2.24) is 0 Å². The largest absolute Gasteiger partial charge is 0.491 e. The smallest absolute Gasteiger partial charge is 0.127 e. The molecule has 0 saturated heterocycles. The molecule has 0 aliphatic heterocycles. The number of hydrogen-bond acceptors (Lipinski definition) is 3. The molecule has 0 aliphatic carbocycles. The average Bonchev–Trinajstić information content (AvgIpc) is 2.48. The number of aliphatic hydroxyl groups is 1. The van der Waals surface area contributed by atoms with E-state index in [4.69, 9.17) is 9.47 Å². The van der Waals surface area contributed by atoms with Crippen molar-refractivity contribution in [2.45, 2.75) is 20.5 Å². The summed E-state index contributed by atoms with van der Waals surface area (Å²) >= 11 is 0. The van der Waals surface area contributed by atoms with Crippen molar-refractivity contribution in [3.05, 3.63) is 53.1 Å². The van der Waals surface area contributed by atoms with Crippen LogP contribution in [0.1, 0.15) is 16.7 Å². The Kier molecular flexibility index (Phi) is 5.37. The molecule has 2 aromatic carbocycles. The van der Waals surface area contributed by atoms with Crippen LogP contribution in [0.15, 0.2) is 36.4 Å². The van der Waals surface area contributed by atoms with E-state index in [1.807, 2.05) is 18.2 Å². The molecule has 0 radical (unpaired) electrons. The van der Waals surface area contributed by atoms with Crippen LogP contribution in [-0.4, -0.2) is 25.4 Å². The molecule has 0 spiro atoms. The van der Waals surface area contributed by atoms with Crippen LogP contribution in [-0.2, 0) is 11.3 Å². The van der Waals surface area contributed by atoms with Gasteiger partial charge in [-0.2, -0.15) is 0 Å². The SMILES string of the molecule is COCCOc1cc(CO)ccc1-c1ccc(C)cc1C. The van der Waals surface area contributed by atoms with Gasteiger partial charge in [0.2, 0.25) is 0 Å². The van der Waals surface area contributed by atoms with E-state index in [1.165, 1.54) is 11.1 Å². The van der Waals surface area contributed by atoms with Crippen molar-refractivity contribution >= 4 is 0 Å². The summed E-state index contributed by atoms with van der Waals surface area (Å²) in [6, 6.07) is 12.2. The first kappa shape index (κ1) is 15.5. The predicted molar refractivity (Wildman–Crippen MR) is 84.6 cm³/mol. The summed E-state index contributed by atoms with van der Waals surface area (Å²) in [7, 11) is 1.65. The lowest BCUT2D eigenvalue weighted by atomic mass is 9.97. The Morgan fingerprint density at radius 3 is 2.38 bits per heavy atom. The molecule has 3 heteroatoms. The van der Waals surface area contributed by atoms with E-state index in [2.05, 4.69) is 32.0 Å². The highest BCUT2D eigenvalue weighted by atomic mass is 16.5. The number of methoxy groups -OCH3 is 1. The van der Waals surface area contributed by atoms with Crippen molar-refractivity contribution < 1.29 is 14.6 Å². The maximum atomic E-state index is 9.31. The number of hydrogen-bond donors (Lipinski definition) is 1. The van der Waals surface area contributed by atoms with Gasteiger partial charge in [-0.25, -0.2) is 0 Å². The highest BCUT2D eigenvalue weighted by molar-refractivity contribution is 5.74. The molecule has 2 aromatic rings. The fourth-order valence-corrected chi connectivity index (χ4v) is 2.36. The number of benzene rings is 2. The molecule has 0 unspecified atom stereocenters. The van der Waals surface area contributed by atoms with E-state index < -0.39 is 0 Å². The molecule has 0 heterocycles. The van der Waals surface area contributed by atoms with E-state index in [0.717, 1.165) is 22.4 Å². The summed E-state index contributed by atoms with van der Waals surface area (Å²) in [5.41, 5.74) is 5.49. The van der Waals surface area contributed by atoms with Gasteiger partial charge in [-0.3, -0.25) is 0 Å². The third kappa shape index (κ3) is 3.84. The number of rotatable bonds is 6. The quantitative estimate of drug-likeness (QED) is 0.826. The summed E-state index contributed by atoms with van der Waals surface area (Å²) in [6.45, 7) is 5.22. The van der Waals surface area contributed by atoms with Gasteiger partial charge in [-0.05, 0) is 36.6 Å². The van der Waals surface area contributed by atoms with Gasteiger partial charge >= 0.3 is 0 Å². The van der Waals surface area contributed by atoms with Crippen molar-refractivity contribution in [1.29, 1.82) is 0 Å². The number of ether oxygens (including phenoxy) is 2. The topological polar surface area (TPSA) is 38.7 Å². The third-order valence-electron chi connectivity index (χ3n) is 3.45. The summed E-state index contributed by atoms with van der Waals surface area (Å²) in [5.74, 6) is 0.783. The van der Waals surface area contributed by atoms with Crippen molar-refractivity contribution in [3.63, 3.8) is 0 Å². The van der Waals surface area contributed by atoms with Crippen LogP contribution in [0.25, 0.3) is 11.1 Å². The molecule has 112 valence electrons. The second kappa shape index (κ2) is 7.25. The Balaban J connectivity index is 2.40. The molecule has 2 rings (SSSR count). The highest BCUT2D eigenvalue weighted by Gasteiger charge is 2.10. The molecule has 0 aromatic heterocycles. The maximum Gasteiger partial charge on any atom is 0.127 e. The molecule has 21 heavy (non-hydrogen) atoms. The number of aliphatic hydroxyl groups excluding tert-OH is 1. The van der Waals surface area contributed by atoms with Crippen molar-refractivity contribution in [3.8, 4) is 16.9 Å². The van der Waals surface area contributed by atoms with Crippen LogP contribution in [0.2, 0.25) is 0 Å². The lowest BCUT2D eigenvalue weighted by molar-refractivity contribution is 0.146. The van der Waals surface area contributed by atoms with Crippen molar-refractivity contribution in [2.24, 2.45) is 0 Å². The Hall–Kier alpha value is -1.84. The van der Waals surface area contributed by atoms with Crippen LogP contribution in [0, 0.1) is 13.8 Å². The van der Waals surface area contributed by atoms with Crippen LogP contribution < -0.4 is 4.74 Å². The first-order valence-corrected chi connectivity index (χ1v) is 7.09. The van der Waals surface area contributed by atoms with Gasteiger partial charge in [0.05, 0.1) is 13.2 Å².